The number of benzene rings is 1. The van der Waals surface area contributed by atoms with Gasteiger partial charge >= 0.3 is 5.97 Å². The van der Waals surface area contributed by atoms with Gasteiger partial charge in [-0.25, -0.2) is 4.39 Å². The molecule has 0 aromatic heterocycles. The fourth-order valence-electron chi connectivity index (χ4n) is 1.95. The van der Waals surface area contributed by atoms with Gasteiger partial charge in [0.2, 0.25) is 0 Å². The van der Waals surface area contributed by atoms with Gasteiger partial charge in [-0.2, -0.15) is 0 Å². The second-order valence-corrected chi connectivity index (χ2v) is 5.35. The highest BCUT2D eigenvalue weighted by Gasteiger charge is 2.28. The molecule has 0 heterocycles. The standard InChI is InChI=1S/C16H24FNO3/c1-4-20-15(19)16(3,18)9-5-6-10-21-14-8-7-13(17)11-12(14)2/h7-8,11H,4-6,9-10,18H2,1-3H3. The van der Waals surface area contributed by atoms with Gasteiger partial charge < -0.3 is 15.2 Å². The fraction of sp³-hybridized carbons (Fsp3) is 0.562. The molecule has 0 radical (unpaired) electrons. The Bertz CT molecular complexity index is 475. The Hall–Kier alpha value is -1.62. The van der Waals surface area contributed by atoms with E-state index in [0.717, 1.165) is 18.4 Å². The number of ether oxygens (including phenoxy) is 2. The predicted octanol–water partition coefficient (Wildman–Crippen LogP) is 2.96. The molecule has 118 valence electrons. The van der Waals surface area contributed by atoms with Gasteiger partial charge in [0.1, 0.15) is 17.1 Å². The van der Waals surface area contributed by atoms with Crippen molar-refractivity contribution in [3.8, 4) is 5.75 Å². The number of esters is 1. The van der Waals surface area contributed by atoms with Crippen molar-refractivity contribution in [2.45, 2.75) is 45.6 Å². The normalized spacial score (nSPS) is 13.6. The number of hydrogen-bond acceptors (Lipinski definition) is 4. The van der Waals surface area contributed by atoms with Gasteiger partial charge in [0.25, 0.3) is 0 Å². The maximum absolute atomic E-state index is 12.9. The summed E-state index contributed by atoms with van der Waals surface area (Å²) in [5.74, 6) is 0.0331. The van der Waals surface area contributed by atoms with Crippen LogP contribution in [0.4, 0.5) is 4.39 Å². The van der Waals surface area contributed by atoms with Gasteiger partial charge in [-0.3, -0.25) is 4.79 Å². The van der Waals surface area contributed by atoms with E-state index >= 15 is 0 Å². The second-order valence-electron chi connectivity index (χ2n) is 5.35. The van der Waals surface area contributed by atoms with Crippen molar-refractivity contribution in [1.29, 1.82) is 0 Å². The molecule has 1 aromatic rings. The van der Waals surface area contributed by atoms with Crippen LogP contribution in [0.15, 0.2) is 18.2 Å². The number of unbranched alkanes of at least 4 members (excludes halogenated alkanes) is 1. The fourth-order valence-corrected chi connectivity index (χ4v) is 1.95. The summed E-state index contributed by atoms with van der Waals surface area (Å²) < 4.78 is 23.5. The number of rotatable bonds is 8. The average Bonchev–Trinajstić information content (AvgIpc) is 2.40. The first-order valence-corrected chi connectivity index (χ1v) is 7.22. The highest BCUT2D eigenvalue weighted by molar-refractivity contribution is 5.79. The number of hydrogen-bond donors (Lipinski definition) is 1. The van der Waals surface area contributed by atoms with E-state index in [9.17, 15) is 9.18 Å². The molecule has 1 rings (SSSR count). The Morgan fingerprint density at radius 1 is 1.38 bits per heavy atom. The summed E-state index contributed by atoms with van der Waals surface area (Å²) in [5.41, 5.74) is 5.74. The van der Waals surface area contributed by atoms with Crippen LogP contribution < -0.4 is 10.5 Å². The molecule has 2 N–H and O–H groups in total. The second kappa shape index (κ2) is 7.98. The van der Waals surface area contributed by atoms with E-state index in [0.29, 0.717) is 25.4 Å². The molecule has 0 aliphatic heterocycles. The third-order valence-corrected chi connectivity index (χ3v) is 3.23. The molecular formula is C16H24FNO3. The molecule has 1 unspecified atom stereocenters. The van der Waals surface area contributed by atoms with Crippen LogP contribution in [0, 0.1) is 12.7 Å². The van der Waals surface area contributed by atoms with Gasteiger partial charge in [-0.15, -0.1) is 0 Å². The van der Waals surface area contributed by atoms with Gasteiger partial charge in [0.15, 0.2) is 0 Å². The molecule has 0 aliphatic carbocycles. The minimum absolute atomic E-state index is 0.270. The van der Waals surface area contributed by atoms with Gasteiger partial charge in [-0.05, 0) is 63.8 Å². The minimum atomic E-state index is -0.957. The van der Waals surface area contributed by atoms with Gasteiger partial charge in [0.05, 0.1) is 13.2 Å². The third kappa shape index (κ3) is 5.71. The van der Waals surface area contributed by atoms with Crippen LogP contribution in [0.2, 0.25) is 0 Å². The topological polar surface area (TPSA) is 61.5 Å². The van der Waals surface area contributed by atoms with E-state index in [4.69, 9.17) is 15.2 Å². The van der Waals surface area contributed by atoms with Crippen LogP contribution in [0.1, 0.15) is 38.7 Å². The zero-order chi connectivity index (χ0) is 15.9. The average molecular weight is 297 g/mol. The number of halogens is 1. The number of nitrogens with two attached hydrogens (primary N) is 1. The smallest absolute Gasteiger partial charge is 0.325 e. The van der Waals surface area contributed by atoms with Crippen LogP contribution in [-0.4, -0.2) is 24.7 Å². The molecule has 0 fully saturated rings. The molecule has 0 spiro atoms. The Labute approximate surface area is 125 Å². The lowest BCUT2D eigenvalue weighted by Crippen LogP contribution is -2.46. The van der Waals surface area contributed by atoms with Crippen LogP contribution >= 0.6 is 0 Å². The van der Waals surface area contributed by atoms with E-state index in [-0.39, 0.29) is 11.8 Å². The van der Waals surface area contributed by atoms with E-state index in [1.807, 2.05) is 0 Å². The van der Waals surface area contributed by atoms with E-state index in [1.54, 1.807) is 26.8 Å². The molecular weight excluding hydrogens is 273 g/mol. The molecule has 0 saturated carbocycles. The van der Waals surface area contributed by atoms with Crippen molar-refractivity contribution in [3.05, 3.63) is 29.6 Å². The van der Waals surface area contributed by atoms with Crippen molar-refractivity contribution in [1.82, 2.24) is 0 Å². The Balaban J connectivity index is 2.30. The highest BCUT2D eigenvalue weighted by atomic mass is 19.1. The van der Waals surface area contributed by atoms with E-state index in [1.165, 1.54) is 12.1 Å². The lowest BCUT2D eigenvalue weighted by Gasteiger charge is -2.22. The van der Waals surface area contributed by atoms with Crippen molar-refractivity contribution in [3.63, 3.8) is 0 Å². The first-order chi connectivity index (χ1) is 9.86. The van der Waals surface area contributed by atoms with Crippen molar-refractivity contribution in [2.75, 3.05) is 13.2 Å². The Kier molecular flexibility index (Phi) is 6.62. The van der Waals surface area contributed by atoms with Crippen molar-refractivity contribution >= 4 is 5.97 Å². The summed E-state index contributed by atoms with van der Waals surface area (Å²) >= 11 is 0. The molecule has 21 heavy (non-hydrogen) atoms. The Morgan fingerprint density at radius 3 is 2.71 bits per heavy atom. The van der Waals surface area contributed by atoms with Gasteiger partial charge in [-0.1, -0.05) is 0 Å². The summed E-state index contributed by atoms with van der Waals surface area (Å²) in [6, 6.07) is 4.43. The molecule has 5 heteroatoms. The zero-order valence-corrected chi connectivity index (χ0v) is 12.9. The quantitative estimate of drug-likeness (QED) is 0.592. The van der Waals surface area contributed by atoms with Crippen molar-refractivity contribution < 1.29 is 18.7 Å². The van der Waals surface area contributed by atoms with E-state index in [2.05, 4.69) is 0 Å². The summed E-state index contributed by atoms with van der Waals surface area (Å²) in [5, 5.41) is 0. The van der Waals surface area contributed by atoms with Crippen LogP contribution in [0.3, 0.4) is 0 Å². The summed E-state index contributed by atoms with van der Waals surface area (Å²) in [6.07, 6.45) is 2.06. The molecule has 4 nitrogen and oxygen atoms in total. The lowest BCUT2D eigenvalue weighted by molar-refractivity contribution is -0.149. The maximum atomic E-state index is 12.9. The van der Waals surface area contributed by atoms with Crippen LogP contribution in [-0.2, 0) is 9.53 Å². The Morgan fingerprint density at radius 2 is 2.10 bits per heavy atom. The van der Waals surface area contributed by atoms with Gasteiger partial charge in [0, 0.05) is 0 Å². The summed E-state index contributed by atoms with van der Waals surface area (Å²) in [7, 11) is 0. The first kappa shape index (κ1) is 17.4. The molecule has 0 aliphatic rings. The highest BCUT2D eigenvalue weighted by Crippen LogP contribution is 2.19. The molecule has 1 aromatic carbocycles. The number of aryl methyl sites for hydroxylation is 1. The first-order valence-electron chi connectivity index (χ1n) is 7.22. The number of carbonyl (C=O) groups excluding carboxylic acids is 1. The van der Waals surface area contributed by atoms with Crippen LogP contribution in [0.5, 0.6) is 5.75 Å². The zero-order valence-electron chi connectivity index (χ0n) is 12.9. The van der Waals surface area contributed by atoms with Crippen molar-refractivity contribution in [2.24, 2.45) is 5.73 Å². The molecule has 0 amide bonds. The molecule has 0 saturated heterocycles. The SMILES string of the molecule is CCOC(=O)C(C)(N)CCCCOc1ccc(F)cc1C. The summed E-state index contributed by atoms with van der Waals surface area (Å²) in [4.78, 5) is 11.6. The minimum Gasteiger partial charge on any atom is -0.493 e. The van der Waals surface area contributed by atoms with Crippen LogP contribution in [0.25, 0.3) is 0 Å². The maximum Gasteiger partial charge on any atom is 0.325 e. The number of carbonyl (C=O) groups is 1. The largest absolute Gasteiger partial charge is 0.493 e. The molecule has 1 atom stereocenters. The lowest BCUT2D eigenvalue weighted by atomic mass is 9.96. The summed E-state index contributed by atoms with van der Waals surface area (Å²) in [6.45, 7) is 6.07. The predicted molar refractivity (Wildman–Crippen MR) is 79.7 cm³/mol. The van der Waals surface area contributed by atoms with E-state index < -0.39 is 5.54 Å². The molecule has 0 bridgehead atoms. The monoisotopic (exact) mass is 297 g/mol. The third-order valence-electron chi connectivity index (χ3n) is 3.23.